The molecule has 6 aliphatic rings. The first-order chi connectivity index (χ1) is 22.5. The molecule has 1 aromatic rings. The molecule has 9 atom stereocenters. The van der Waals surface area contributed by atoms with Crippen LogP contribution in [0, 0.1) is 56.7 Å². The molecule has 0 amide bonds. The van der Waals surface area contributed by atoms with E-state index in [1.165, 1.54) is 74.5 Å². The van der Waals surface area contributed by atoms with Crippen molar-refractivity contribution in [1.82, 2.24) is 4.90 Å². The molecular weight excluding hydrogens is 611 g/mol. The lowest BCUT2D eigenvalue weighted by atomic mass is 9.32. The Hall–Kier alpha value is -1.85. The van der Waals surface area contributed by atoms with Gasteiger partial charge in [-0.15, -0.1) is 0 Å². The highest BCUT2D eigenvalue weighted by Gasteiger charge is 2.70. The van der Waals surface area contributed by atoms with Gasteiger partial charge in [0.25, 0.3) is 0 Å². The molecule has 5 fully saturated rings. The Morgan fingerprint density at radius 2 is 1.60 bits per heavy atom. The molecule has 5 heteroatoms. The van der Waals surface area contributed by atoms with E-state index in [-0.39, 0.29) is 10.8 Å². The average molecular weight is 674 g/mol. The van der Waals surface area contributed by atoms with Crippen molar-refractivity contribution < 1.29 is 14.1 Å². The number of carbonyl (C=O) groups is 1. The Labute approximate surface area is 292 Å². The van der Waals surface area contributed by atoms with Gasteiger partial charge >= 0.3 is 5.97 Å². The number of rotatable bonds is 6. The van der Waals surface area contributed by atoms with Crippen molar-refractivity contribution in [2.75, 3.05) is 31.1 Å². The van der Waals surface area contributed by atoms with E-state index in [9.17, 15) is 14.1 Å². The fourth-order valence-corrected chi connectivity index (χ4v) is 15.4. The molecule has 1 N–H and O–H groups in total. The minimum atomic E-state index is -1.86. The molecule has 4 saturated carbocycles. The van der Waals surface area contributed by atoms with Crippen molar-refractivity contribution in [2.24, 2.45) is 56.7 Å². The SMILES string of the molecule is C=C(C)[C@@H]1CC[C@]2(CCN3CCS(=C)(=O)CC3)CC[C@]3(C)[C@H](CC[C@@H]4[C@@]5(C)CC=C(c6ccc(C(=O)O)cc6)C(C)(C)[C@@H]5CC[C@]43C)[C@@H]12. The second-order valence-electron chi connectivity index (χ2n) is 18.9. The lowest BCUT2D eigenvalue weighted by Crippen LogP contribution is -2.65. The smallest absolute Gasteiger partial charge is 0.335 e. The molecule has 1 aliphatic heterocycles. The number of aromatic carboxylic acids is 1. The number of carboxylic acid groups (broad SMARTS) is 1. The predicted molar refractivity (Wildman–Crippen MR) is 202 cm³/mol. The highest BCUT2D eigenvalue weighted by Crippen LogP contribution is 2.78. The van der Waals surface area contributed by atoms with Crippen LogP contribution in [0.25, 0.3) is 5.57 Å². The van der Waals surface area contributed by atoms with Crippen molar-refractivity contribution in [3.63, 3.8) is 0 Å². The van der Waals surface area contributed by atoms with E-state index in [2.05, 4.69) is 65.0 Å². The van der Waals surface area contributed by atoms with Crippen molar-refractivity contribution in [2.45, 2.75) is 106 Å². The zero-order chi connectivity index (χ0) is 34.5. The van der Waals surface area contributed by atoms with E-state index >= 15 is 0 Å². The Bertz CT molecular complexity index is 1590. The highest BCUT2D eigenvalue weighted by atomic mass is 32.2. The van der Waals surface area contributed by atoms with Gasteiger partial charge in [0, 0.05) is 24.6 Å². The summed E-state index contributed by atoms with van der Waals surface area (Å²) in [6, 6.07) is 7.63. The predicted octanol–water partition coefficient (Wildman–Crippen LogP) is 9.46. The van der Waals surface area contributed by atoms with Gasteiger partial charge in [-0.25, -0.2) is 4.79 Å². The third kappa shape index (κ3) is 5.08. The van der Waals surface area contributed by atoms with E-state index in [1.807, 2.05) is 12.1 Å². The van der Waals surface area contributed by atoms with Crippen LogP contribution in [0.5, 0.6) is 0 Å². The Morgan fingerprint density at radius 1 is 0.917 bits per heavy atom. The molecule has 264 valence electrons. The molecule has 5 aliphatic carbocycles. The molecule has 0 unspecified atom stereocenters. The summed E-state index contributed by atoms with van der Waals surface area (Å²) in [6.07, 6.45) is 15.6. The molecule has 1 saturated heterocycles. The van der Waals surface area contributed by atoms with E-state index in [4.69, 9.17) is 0 Å². The van der Waals surface area contributed by atoms with Gasteiger partial charge in [0.2, 0.25) is 0 Å². The van der Waals surface area contributed by atoms with Crippen LogP contribution in [-0.4, -0.2) is 57.2 Å². The third-order valence-corrected chi connectivity index (χ3v) is 18.6. The lowest BCUT2D eigenvalue weighted by molar-refractivity contribution is -0.226. The van der Waals surface area contributed by atoms with Crippen LogP contribution in [0.2, 0.25) is 0 Å². The number of allylic oxidation sites excluding steroid dienone is 3. The molecule has 0 spiro atoms. The van der Waals surface area contributed by atoms with Gasteiger partial charge in [-0.05, 0) is 173 Å². The molecular formula is C43H63NO3S. The zero-order valence-electron chi connectivity index (χ0n) is 30.9. The standard InChI is InChI=1S/C43H63NO3S/c1-29(2)32-15-20-43(23-24-44-25-27-48(8,47)28-26-44)22-21-41(6)34(37(32)43)13-14-36-40(5)18-16-33(30-9-11-31(12-10-30)38(45)46)39(3,4)35(40)17-19-42(36,41)7/h9-12,16,32,34-37H,1,8,13-15,17-28H2,2-7H3,(H,45,46)/t32-,34+,35-,36+,37+,40-,41+,42+,43+/m0/s1. The topological polar surface area (TPSA) is 57.6 Å². The number of nitrogens with zero attached hydrogens (tertiary/aromatic N) is 1. The van der Waals surface area contributed by atoms with E-state index in [0.29, 0.717) is 39.6 Å². The Kier molecular flexibility index (Phi) is 8.35. The van der Waals surface area contributed by atoms with Crippen LogP contribution in [-0.2, 0) is 9.52 Å². The van der Waals surface area contributed by atoms with Crippen LogP contribution in [0.15, 0.2) is 42.5 Å². The lowest BCUT2D eigenvalue weighted by Gasteiger charge is -2.72. The van der Waals surface area contributed by atoms with Crippen LogP contribution in [0.4, 0.5) is 0 Å². The monoisotopic (exact) mass is 673 g/mol. The van der Waals surface area contributed by atoms with Gasteiger partial charge in [0.1, 0.15) is 0 Å². The van der Waals surface area contributed by atoms with Gasteiger partial charge < -0.3 is 10.0 Å². The van der Waals surface area contributed by atoms with Crippen LogP contribution in [0.3, 0.4) is 0 Å². The maximum Gasteiger partial charge on any atom is 0.335 e. The van der Waals surface area contributed by atoms with Crippen LogP contribution >= 0.6 is 0 Å². The third-order valence-electron chi connectivity index (χ3n) is 16.7. The number of benzene rings is 1. The summed E-state index contributed by atoms with van der Waals surface area (Å²) in [4.78, 5) is 14.2. The summed E-state index contributed by atoms with van der Waals surface area (Å²) >= 11 is 0. The number of hydrogen-bond donors (Lipinski definition) is 1. The maximum atomic E-state index is 12.6. The van der Waals surface area contributed by atoms with Gasteiger partial charge in [-0.1, -0.05) is 65.0 Å². The minimum Gasteiger partial charge on any atom is -0.478 e. The first-order valence-electron chi connectivity index (χ1n) is 19.2. The molecule has 1 aromatic carbocycles. The molecule has 0 radical (unpaired) electrons. The summed E-state index contributed by atoms with van der Waals surface area (Å²) in [7, 11) is -1.86. The van der Waals surface area contributed by atoms with Crippen molar-refractivity contribution in [3.05, 3.63) is 53.6 Å². The number of fused-ring (bicyclic) bond motifs is 7. The molecule has 4 nitrogen and oxygen atoms in total. The van der Waals surface area contributed by atoms with E-state index in [0.717, 1.165) is 49.4 Å². The normalized spacial score (nSPS) is 43.2. The molecule has 7 rings (SSSR count). The zero-order valence-corrected chi connectivity index (χ0v) is 31.7. The highest BCUT2D eigenvalue weighted by molar-refractivity contribution is 8.00. The first-order valence-corrected chi connectivity index (χ1v) is 21.3. The van der Waals surface area contributed by atoms with Crippen molar-refractivity contribution in [3.8, 4) is 0 Å². The summed E-state index contributed by atoms with van der Waals surface area (Å²) in [5.41, 5.74) is 5.75. The quantitative estimate of drug-likeness (QED) is 0.242. The van der Waals surface area contributed by atoms with E-state index < -0.39 is 15.5 Å². The second kappa shape index (κ2) is 11.6. The fourth-order valence-electron chi connectivity index (χ4n) is 14.0. The summed E-state index contributed by atoms with van der Waals surface area (Å²) in [6.45, 7) is 23.1. The number of carboxylic acids is 1. The number of hydrogen-bond acceptors (Lipinski definition) is 3. The van der Waals surface area contributed by atoms with Gasteiger partial charge in [0.15, 0.2) is 0 Å². The van der Waals surface area contributed by atoms with Gasteiger partial charge in [-0.3, -0.25) is 4.21 Å². The fraction of sp³-hybridized carbons (Fsp3) is 0.721. The molecule has 1 heterocycles. The average Bonchev–Trinajstić information content (AvgIpc) is 3.41. The van der Waals surface area contributed by atoms with Gasteiger partial charge in [-0.2, -0.15) is 0 Å². The Morgan fingerprint density at radius 3 is 2.25 bits per heavy atom. The largest absolute Gasteiger partial charge is 0.478 e. The maximum absolute atomic E-state index is 12.6. The van der Waals surface area contributed by atoms with Crippen LogP contribution < -0.4 is 0 Å². The van der Waals surface area contributed by atoms with Crippen molar-refractivity contribution in [1.29, 1.82) is 0 Å². The molecule has 0 bridgehead atoms. The Balaban J connectivity index is 1.17. The molecule has 48 heavy (non-hydrogen) atoms. The van der Waals surface area contributed by atoms with Gasteiger partial charge in [0.05, 0.1) is 5.56 Å². The minimum absolute atomic E-state index is 0.0323. The summed E-state index contributed by atoms with van der Waals surface area (Å²) in [5, 5.41) is 9.49. The second-order valence-corrected chi connectivity index (χ2v) is 21.7. The van der Waals surface area contributed by atoms with E-state index in [1.54, 1.807) is 12.1 Å². The summed E-state index contributed by atoms with van der Waals surface area (Å²) in [5.74, 6) is 8.15. The molecule has 0 aromatic heterocycles. The van der Waals surface area contributed by atoms with Crippen molar-refractivity contribution >= 4 is 26.9 Å². The summed E-state index contributed by atoms with van der Waals surface area (Å²) < 4.78 is 12.6. The first kappa shape index (κ1) is 34.6. The van der Waals surface area contributed by atoms with Crippen LogP contribution in [0.1, 0.15) is 122 Å².